The highest BCUT2D eigenvalue weighted by atomic mass is 16.5. The highest BCUT2D eigenvalue weighted by Crippen LogP contribution is 2.17. The number of anilines is 1. The third-order valence-corrected chi connectivity index (χ3v) is 2.52. The second kappa shape index (κ2) is 6.13. The predicted octanol–water partition coefficient (Wildman–Crippen LogP) is 2.58. The fraction of sp³-hybridized carbons (Fsp3) is 0.357. The van der Waals surface area contributed by atoms with Crippen LogP contribution in [0.4, 0.5) is 5.82 Å². The summed E-state index contributed by atoms with van der Waals surface area (Å²) in [6, 6.07) is 3.89. The molecule has 0 saturated heterocycles. The molecule has 2 heterocycles. The molecule has 0 radical (unpaired) electrons. The van der Waals surface area contributed by atoms with E-state index in [2.05, 4.69) is 20.3 Å². The summed E-state index contributed by atoms with van der Waals surface area (Å²) in [6.45, 7) is 6.50. The largest absolute Gasteiger partial charge is 0.475 e. The lowest BCUT2D eigenvalue weighted by Gasteiger charge is -2.13. The van der Waals surface area contributed by atoms with Crippen molar-refractivity contribution in [2.75, 3.05) is 5.32 Å². The fourth-order valence-corrected chi connectivity index (χ4v) is 1.65. The van der Waals surface area contributed by atoms with Crippen LogP contribution in [0.5, 0.6) is 5.88 Å². The van der Waals surface area contributed by atoms with Crippen LogP contribution in [0.15, 0.2) is 30.7 Å². The van der Waals surface area contributed by atoms with Crippen LogP contribution in [0.1, 0.15) is 25.1 Å². The van der Waals surface area contributed by atoms with Gasteiger partial charge in [0.05, 0.1) is 11.8 Å². The Morgan fingerprint density at radius 3 is 2.68 bits per heavy atom. The molecule has 0 fully saturated rings. The lowest BCUT2D eigenvalue weighted by atomic mass is 10.2. The van der Waals surface area contributed by atoms with Crippen molar-refractivity contribution in [1.29, 1.82) is 0 Å². The van der Waals surface area contributed by atoms with E-state index in [-0.39, 0.29) is 6.10 Å². The minimum absolute atomic E-state index is 0.104. The molecular weight excluding hydrogens is 240 g/mol. The summed E-state index contributed by atoms with van der Waals surface area (Å²) < 4.78 is 5.68. The minimum Gasteiger partial charge on any atom is -0.475 e. The molecule has 1 N–H and O–H groups in total. The molecule has 0 atom stereocenters. The summed E-state index contributed by atoms with van der Waals surface area (Å²) in [5, 5.41) is 3.25. The molecule has 0 aliphatic carbocycles. The topological polar surface area (TPSA) is 59.9 Å². The molecular formula is C14H18N4O. The number of pyridine rings is 1. The summed E-state index contributed by atoms with van der Waals surface area (Å²) in [5.74, 6) is 1.44. The second-order valence-corrected chi connectivity index (χ2v) is 4.48. The normalized spacial score (nSPS) is 10.5. The number of ether oxygens (including phenoxy) is 1. The molecule has 0 bridgehead atoms. The van der Waals surface area contributed by atoms with Crippen molar-refractivity contribution >= 4 is 5.82 Å². The minimum atomic E-state index is 0.104. The Morgan fingerprint density at radius 1 is 1.16 bits per heavy atom. The monoisotopic (exact) mass is 258 g/mol. The number of aryl methyl sites for hydroxylation is 1. The van der Waals surface area contributed by atoms with Crippen molar-refractivity contribution in [3.05, 3.63) is 42.0 Å². The van der Waals surface area contributed by atoms with Gasteiger partial charge in [0, 0.05) is 30.7 Å². The van der Waals surface area contributed by atoms with E-state index in [4.69, 9.17) is 4.74 Å². The van der Waals surface area contributed by atoms with Crippen LogP contribution >= 0.6 is 0 Å². The van der Waals surface area contributed by atoms with Gasteiger partial charge in [-0.2, -0.15) is 0 Å². The molecule has 5 heteroatoms. The fourth-order valence-electron chi connectivity index (χ4n) is 1.65. The van der Waals surface area contributed by atoms with E-state index in [0.717, 1.165) is 17.1 Å². The average Bonchev–Trinajstić information content (AvgIpc) is 2.39. The van der Waals surface area contributed by atoms with Crippen LogP contribution in [-0.2, 0) is 6.54 Å². The second-order valence-electron chi connectivity index (χ2n) is 4.48. The van der Waals surface area contributed by atoms with Gasteiger partial charge in [0.25, 0.3) is 0 Å². The van der Waals surface area contributed by atoms with Crippen molar-refractivity contribution in [2.45, 2.75) is 33.4 Å². The van der Waals surface area contributed by atoms with Crippen LogP contribution in [-0.4, -0.2) is 21.1 Å². The summed E-state index contributed by atoms with van der Waals surface area (Å²) >= 11 is 0. The van der Waals surface area contributed by atoms with Crippen LogP contribution in [0.25, 0.3) is 0 Å². The molecule has 0 aromatic carbocycles. The Kier molecular flexibility index (Phi) is 4.28. The number of hydrogen-bond donors (Lipinski definition) is 1. The molecule has 0 saturated carbocycles. The maximum atomic E-state index is 5.68. The van der Waals surface area contributed by atoms with Gasteiger partial charge in [0.1, 0.15) is 5.82 Å². The van der Waals surface area contributed by atoms with Crippen molar-refractivity contribution < 1.29 is 4.74 Å². The Balaban J connectivity index is 2.09. The first-order valence-corrected chi connectivity index (χ1v) is 6.29. The van der Waals surface area contributed by atoms with Gasteiger partial charge in [-0.05, 0) is 26.8 Å². The van der Waals surface area contributed by atoms with Crippen molar-refractivity contribution in [3.63, 3.8) is 0 Å². The zero-order valence-electron chi connectivity index (χ0n) is 11.4. The van der Waals surface area contributed by atoms with E-state index in [1.165, 1.54) is 0 Å². The third kappa shape index (κ3) is 3.64. The first-order chi connectivity index (χ1) is 9.16. The van der Waals surface area contributed by atoms with E-state index in [1.807, 2.05) is 32.9 Å². The molecule has 2 aromatic rings. The highest BCUT2D eigenvalue weighted by molar-refractivity contribution is 5.40. The first kappa shape index (κ1) is 13.3. The average molecular weight is 258 g/mol. The van der Waals surface area contributed by atoms with Crippen LogP contribution < -0.4 is 10.1 Å². The molecule has 2 rings (SSSR count). The number of nitrogens with one attached hydrogen (secondary N) is 1. The van der Waals surface area contributed by atoms with Crippen LogP contribution in [0, 0.1) is 6.92 Å². The van der Waals surface area contributed by atoms with Crippen molar-refractivity contribution in [3.8, 4) is 5.88 Å². The summed E-state index contributed by atoms with van der Waals surface area (Å²) in [5.41, 5.74) is 1.87. The zero-order valence-corrected chi connectivity index (χ0v) is 11.4. The van der Waals surface area contributed by atoms with E-state index in [1.54, 1.807) is 18.6 Å². The smallest absolute Gasteiger partial charge is 0.218 e. The lowest BCUT2D eigenvalue weighted by Crippen LogP contribution is -2.11. The van der Waals surface area contributed by atoms with Gasteiger partial charge in [0.15, 0.2) is 0 Å². The van der Waals surface area contributed by atoms with Gasteiger partial charge >= 0.3 is 0 Å². The standard InChI is InChI=1S/C14H18N4O/c1-10(2)19-14-12(5-4-6-17-14)9-18-13-11(3)15-7-8-16-13/h4-8,10H,9H2,1-3H3,(H,16,18). The maximum absolute atomic E-state index is 5.68. The molecule has 0 amide bonds. The van der Waals surface area contributed by atoms with Crippen LogP contribution in [0.3, 0.4) is 0 Å². The Morgan fingerprint density at radius 2 is 1.95 bits per heavy atom. The number of hydrogen-bond acceptors (Lipinski definition) is 5. The predicted molar refractivity (Wildman–Crippen MR) is 74.1 cm³/mol. The lowest BCUT2D eigenvalue weighted by molar-refractivity contribution is 0.230. The number of rotatable bonds is 5. The molecule has 0 aliphatic rings. The van der Waals surface area contributed by atoms with Gasteiger partial charge in [0.2, 0.25) is 5.88 Å². The van der Waals surface area contributed by atoms with Crippen molar-refractivity contribution in [2.24, 2.45) is 0 Å². The summed E-state index contributed by atoms with van der Waals surface area (Å²) in [6.07, 6.45) is 5.18. The van der Waals surface area contributed by atoms with Gasteiger partial charge in [-0.1, -0.05) is 6.07 Å². The van der Waals surface area contributed by atoms with Gasteiger partial charge in [-0.25, -0.2) is 9.97 Å². The molecule has 0 unspecified atom stereocenters. The number of aromatic nitrogens is 3. The highest BCUT2D eigenvalue weighted by Gasteiger charge is 2.07. The van der Waals surface area contributed by atoms with Gasteiger partial charge in [-0.15, -0.1) is 0 Å². The van der Waals surface area contributed by atoms with E-state index in [9.17, 15) is 0 Å². The maximum Gasteiger partial charge on any atom is 0.218 e. The molecule has 100 valence electrons. The Labute approximate surface area is 113 Å². The molecule has 19 heavy (non-hydrogen) atoms. The van der Waals surface area contributed by atoms with E-state index < -0.39 is 0 Å². The zero-order chi connectivity index (χ0) is 13.7. The Bertz CT molecular complexity index is 542. The Hall–Kier alpha value is -2.17. The SMILES string of the molecule is Cc1nccnc1NCc1cccnc1OC(C)C. The third-order valence-electron chi connectivity index (χ3n) is 2.52. The molecule has 0 spiro atoms. The van der Waals surface area contributed by atoms with Crippen LogP contribution in [0.2, 0.25) is 0 Å². The van der Waals surface area contributed by atoms with Gasteiger partial charge in [-0.3, -0.25) is 4.98 Å². The quantitative estimate of drug-likeness (QED) is 0.893. The summed E-state index contributed by atoms with van der Waals surface area (Å²) in [7, 11) is 0. The first-order valence-electron chi connectivity index (χ1n) is 6.29. The van der Waals surface area contributed by atoms with E-state index >= 15 is 0 Å². The van der Waals surface area contributed by atoms with Crippen molar-refractivity contribution in [1.82, 2.24) is 15.0 Å². The summed E-state index contributed by atoms with van der Waals surface area (Å²) in [4.78, 5) is 12.7. The number of nitrogens with zero attached hydrogens (tertiary/aromatic N) is 3. The molecule has 5 nitrogen and oxygen atoms in total. The van der Waals surface area contributed by atoms with Gasteiger partial charge < -0.3 is 10.1 Å². The molecule has 0 aliphatic heterocycles. The van der Waals surface area contributed by atoms with E-state index in [0.29, 0.717) is 12.4 Å². The molecule has 2 aromatic heterocycles.